The quantitative estimate of drug-likeness (QED) is 0.674. The van der Waals surface area contributed by atoms with Gasteiger partial charge in [-0.05, 0) is 30.3 Å². The Morgan fingerprint density at radius 3 is 2.59 bits per heavy atom. The lowest BCUT2D eigenvalue weighted by atomic mass is 10.1. The van der Waals surface area contributed by atoms with Crippen LogP contribution >= 0.6 is 0 Å². The van der Waals surface area contributed by atoms with Gasteiger partial charge in [-0.2, -0.15) is 5.10 Å². The second kappa shape index (κ2) is 7.57. The van der Waals surface area contributed by atoms with Crippen molar-refractivity contribution in [3.8, 4) is 22.8 Å². The summed E-state index contributed by atoms with van der Waals surface area (Å²) in [5.41, 5.74) is 2.01. The van der Waals surface area contributed by atoms with Crippen LogP contribution in [0, 0.1) is 0 Å². The first-order valence-electron chi connectivity index (χ1n) is 9.15. The number of pyridine rings is 2. The van der Waals surface area contributed by atoms with Crippen molar-refractivity contribution in [3.05, 3.63) is 54.6 Å². The third kappa shape index (κ3) is 3.94. The molecule has 1 fully saturated rings. The van der Waals surface area contributed by atoms with Crippen LogP contribution in [0.15, 0.2) is 48.9 Å². The minimum absolute atomic E-state index is 0.00169. The molecular weight excluding hydrogens is 380 g/mol. The number of aromatic nitrogens is 4. The number of piperidine rings is 1. The van der Waals surface area contributed by atoms with Gasteiger partial charge in [-0.3, -0.25) is 14.8 Å². The van der Waals surface area contributed by atoms with Crippen LogP contribution in [0.1, 0.15) is 23.3 Å². The van der Waals surface area contributed by atoms with Crippen LogP contribution in [-0.4, -0.2) is 56.7 Å². The maximum absolute atomic E-state index is 13.4. The molecule has 3 aromatic heterocycles. The zero-order chi connectivity index (χ0) is 20.4. The Morgan fingerprint density at radius 1 is 1.17 bits per heavy atom. The van der Waals surface area contributed by atoms with Crippen LogP contribution in [0.5, 0.6) is 5.75 Å². The minimum Gasteiger partial charge on any atom is -0.495 e. The molecule has 0 saturated carbocycles. The van der Waals surface area contributed by atoms with Gasteiger partial charge < -0.3 is 9.64 Å². The van der Waals surface area contributed by atoms with Gasteiger partial charge in [0.05, 0.1) is 36.6 Å². The normalized spacial score (nSPS) is 15.9. The fourth-order valence-electron chi connectivity index (χ4n) is 3.20. The van der Waals surface area contributed by atoms with Crippen molar-refractivity contribution in [2.75, 3.05) is 20.2 Å². The zero-order valence-electron chi connectivity index (χ0n) is 15.8. The lowest BCUT2D eigenvalue weighted by Crippen LogP contribution is -2.42. The molecule has 9 heteroatoms. The molecule has 150 valence electrons. The summed E-state index contributed by atoms with van der Waals surface area (Å²) in [4.78, 5) is 22.8. The number of amides is 1. The molecule has 29 heavy (non-hydrogen) atoms. The lowest BCUT2D eigenvalue weighted by Gasteiger charge is -2.31. The molecule has 0 aromatic carbocycles. The summed E-state index contributed by atoms with van der Waals surface area (Å²) in [5, 5.41) is 4.44. The van der Waals surface area contributed by atoms with Crippen LogP contribution < -0.4 is 4.74 Å². The van der Waals surface area contributed by atoms with E-state index in [1.54, 1.807) is 54.6 Å². The minimum atomic E-state index is -2.72. The number of alkyl halides is 2. The van der Waals surface area contributed by atoms with Crippen molar-refractivity contribution in [3.63, 3.8) is 0 Å². The van der Waals surface area contributed by atoms with Gasteiger partial charge in [-0.1, -0.05) is 0 Å². The highest BCUT2D eigenvalue weighted by atomic mass is 19.3. The molecule has 3 aromatic rings. The topological polar surface area (TPSA) is 73.1 Å². The van der Waals surface area contributed by atoms with Crippen LogP contribution in [0.4, 0.5) is 8.78 Å². The second-order valence-corrected chi connectivity index (χ2v) is 6.77. The first-order valence-corrected chi connectivity index (χ1v) is 9.15. The van der Waals surface area contributed by atoms with Gasteiger partial charge in [0.1, 0.15) is 5.75 Å². The zero-order valence-corrected chi connectivity index (χ0v) is 15.8. The van der Waals surface area contributed by atoms with Gasteiger partial charge in [0.2, 0.25) is 0 Å². The van der Waals surface area contributed by atoms with Crippen molar-refractivity contribution >= 4 is 5.91 Å². The predicted octanol–water partition coefficient (Wildman–Crippen LogP) is 3.21. The Morgan fingerprint density at radius 2 is 1.97 bits per heavy atom. The number of carbonyl (C=O) groups is 1. The van der Waals surface area contributed by atoms with Crippen molar-refractivity contribution in [2.45, 2.75) is 18.8 Å². The SMILES string of the molecule is COc1ccc(-c2cc(C(=O)N3CCC(F)(F)CC3)nn2-c2cccnc2)nc1. The van der Waals surface area contributed by atoms with Crippen LogP contribution in [-0.2, 0) is 0 Å². The molecular formula is C20H19F2N5O2. The first-order chi connectivity index (χ1) is 14.0. The Kier molecular flexibility index (Phi) is 4.96. The summed E-state index contributed by atoms with van der Waals surface area (Å²) in [6.07, 6.45) is 4.15. The molecule has 0 radical (unpaired) electrons. The second-order valence-electron chi connectivity index (χ2n) is 6.77. The number of likely N-dealkylation sites (tertiary alicyclic amines) is 1. The highest BCUT2D eigenvalue weighted by Crippen LogP contribution is 2.29. The number of halogens is 2. The summed E-state index contributed by atoms with van der Waals surface area (Å²) in [6.45, 7) is 0.00338. The highest BCUT2D eigenvalue weighted by Gasteiger charge is 2.36. The van der Waals surface area contributed by atoms with Crippen LogP contribution in [0.25, 0.3) is 17.1 Å². The fraction of sp³-hybridized carbons (Fsp3) is 0.300. The molecule has 0 atom stereocenters. The third-order valence-corrected chi connectivity index (χ3v) is 4.84. The fourth-order valence-corrected chi connectivity index (χ4v) is 3.20. The van der Waals surface area contributed by atoms with E-state index in [1.807, 2.05) is 6.07 Å². The number of nitrogens with zero attached hydrogens (tertiary/aromatic N) is 5. The van der Waals surface area contributed by atoms with E-state index in [-0.39, 0.29) is 37.5 Å². The number of rotatable bonds is 4. The average Bonchev–Trinajstić information content (AvgIpc) is 3.19. The molecule has 1 aliphatic heterocycles. The van der Waals surface area contributed by atoms with E-state index >= 15 is 0 Å². The van der Waals surface area contributed by atoms with Crippen LogP contribution in [0.3, 0.4) is 0 Å². The maximum Gasteiger partial charge on any atom is 0.274 e. The van der Waals surface area contributed by atoms with Crippen LogP contribution in [0.2, 0.25) is 0 Å². The number of methoxy groups -OCH3 is 1. The van der Waals surface area contributed by atoms with E-state index in [2.05, 4.69) is 15.1 Å². The predicted molar refractivity (Wildman–Crippen MR) is 101 cm³/mol. The molecule has 4 rings (SSSR count). The molecule has 0 spiro atoms. The number of hydrogen-bond acceptors (Lipinski definition) is 5. The molecule has 4 heterocycles. The first kappa shape index (κ1) is 19.0. The molecule has 1 saturated heterocycles. The summed E-state index contributed by atoms with van der Waals surface area (Å²) in [7, 11) is 1.55. The Balaban J connectivity index is 1.70. The van der Waals surface area contributed by atoms with Gasteiger partial charge in [-0.25, -0.2) is 13.5 Å². The number of carbonyl (C=O) groups excluding carboxylic acids is 1. The van der Waals surface area contributed by atoms with Crippen molar-refractivity contribution in [1.82, 2.24) is 24.6 Å². The Hall–Kier alpha value is -3.36. The van der Waals surface area contributed by atoms with Crippen molar-refractivity contribution in [1.29, 1.82) is 0 Å². The average molecular weight is 399 g/mol. The van der Waals surface area contributed by atoms with Gasteiger partial charge >= 0.3 is 0 Å². The largest absolute Gasteiger partial charge is 0.495 e. The summed E-state index contributed by atoms with van der Waals surface area (Å²) in [5.74, 6) is -2.49. The third-order valence-electron chi connectivity index (χ3n) is 4.84. The monoisotopic (exact) mass is 399 g/mol. The smallest absolute Gasteiger partial charge is 0.274 e. The van der Waals surface area contributed by atoms with Crippen molar-refractivity contribution in [2.24, 2.45) is 0 Å². The lowest BCUT2D eigenvalue weighted by molar-refractivity contribution is -0.0495. The van der Waals surface area contributed by atoms with E-state index in [1.165, 1.54) is 4.90 Å². The van der Waals surface area contributed by atoms with E-state index in [9.17, 15) is 13.6 Å². The molecule has 1 amide bonds. The molecule has 0 N–H and O–H groups in total. The molecule has 0 unspecified atom stereocenters. The summed E-state index contributed by atoms with van der Waals surface area (Å²) >= 11 is 0. The summed E-state index contributed by atoms with van der Waals surface area (Å²) in [6, 6.07) is 8.71. The Bertz CT molecular complexity index is 995. The standard InChI is InChI=1S/C20H19F2N5O2/c1-29-15-4-5-16(24-13-15)18-11-17(25-27(18)14-3-2-8-23-12-14)19(28)26-9-6-20(21,22)7-10-26/h2-5,8,11-13H,6-7,9-10H2,1H3. The molecule has 7 nitrogen and oxygen atoms in total. The van der Waals surface area contributed by atoms with Gasteiger partial charge in [0.15, 0.2) is 5.69 Å². The molecule has 0 aliphatic carbocycles. The number of hydrogen-bond donors (Lipinski definition) is 0. The summed E-state index contributed by atoms with van der Waals surface area (Å²) < 4.78 is 33.6. The van der Waals surface area contributed by atoms with Gasteiger partial charge in [0, 0.05) is 32.1 Å². The van der Waals surface area contributed by atoms with E-state index < -0.39 is 5.92 Å². The highest BCUT2D eigenvalue weighted by molar-refractivity contribution is 5.93. The number of ether oxygens (including phenoxy) is 1. The van der Waals surface area contributed by atoms with E-state index in [4.69, 9.17) is 4.74 Å². The van der Waals surface area contributed by atoms with E-state index in [0.29, 0.717) is 22.8 Å². The molecule has 1 aliphatic rings. The Labute approximate surface area is 166 Å². The van der Waals surface area contributed by atoms with E-state index in [0.717, 1.165) is 0 Å². The van der Waals surface area contributed by atoms with Gasteiger partial charge in [-0.15, -0.1) is 0 Å². The van der Waals surface area contributed by atoms with Crippen molar-refractivity contribution < 1.29 is 18.3 Å². The molecule has 0 bridgehead atoms. The maximum atomic E-state index is 13.4. The van der Waals surface area contributed by atoms with Gasteiger partial charge in [0.25, 0.3) is 11.8 Å².